The molecule has 1 amide bonds. The number of carbonyl (C=O) groups excluding carboxylic acids is 1. The summed E-state index contributed by atoms with van der Waals surface area (Å²) in [6, 6.07) is 8.04. The molecule has 0 aliphatic carbocycles. The number of nitrogens with zero attached hydrogens (tertiary/aromatic N) is 2. The van der Waals surface area contributed by atoms with Gasteiger partial charge in [0.25, 0.3) is 0 Å². The summed E-state index contributed by atoms with van der Waals surface area (Å²) in [7, 11) is 1.58. The molecule has 0 spiro atoms. The lowest BCUT2D eigenvalue weighted by molar-refractivity contribution is -0.120. The van der Waals surface area contributed by atoms with Crippen LogP contribution in [-0.4, -0.2) is 28.1 Å². The summed E-state index contributed by atoms with van der Waals surface area (Å²) in [4.78, 5) is 18.7. The van der Waals surface area contributed by atoms with Gasteiger partial charge in [0.2, 0.25) is 11.8 Å². The molecule has 3 rings (SSSR count). The van der Waals surface area contributed by atoms with E-state index in [-0.39, 0.29) is 12.3 Å². The molecule has 1 aromatic carbocycles. The van der Waals surface area contributed by atoms with E-state index in [9.17, 15) is 4.79 Å². The highest BCUT2D eigenvalue weighted by molar-refractivity contribution is 5.83. The summed E-state index contributed by atoms with van der Waals surface area (Å²) < 4.78 is 5.18. The number of hydrogen-bond donors (Lipinski definition) is 2. The van der Waals surface area contributed by atoms with Crippen LogP contribution < -0.4 is 5.32 Å². The van der Waals surface area contributed by atoms with E-state index in [0.717, 1.165) is 16.5 Å². The lowest BCUT2D eigenvalue weighted by atomic mass is 10.1. The monoisotopic (exact) mass is 270 g/mol. The van der Waals surface area contributed by atoms with Crippen LogP contribution in [-0.2, 0) is 17.6 Å². The highest BCUT2D eigenvalue weighted by Gasteiger charge is 2.12. The normalized spacial score (nSPS) is 10.8. The van der Waals surface area contributed by atoms with E-state index >= 15 is 0 Å². The molecular weight excluding hydrogens is 256 g/mol. The van der Waals surface area contributed by atoms with Crippen molar-refractivity contribution in [2.75, 3.05) is 7.05 Å². The molecule has 2 aromatic heterocycles. The van der Waals surface area contributed by atoms with Crippen molar-refractivity contribution in [2.45, 2.75) is 12.8 Å². The van der Waals surface area contributed by atoms with Gasteiger partial charge in [-0.25, -0.2) is 0 Å². The van der Waals surface area contributed by atoms with Gasteiger partial charge in [-0.1, -0.05) is 23.4 Å². The highest BCUT2D eigenvalue weighted by atomic mass is 16.5. The van der Waals surface area contributed by atoms with E-state index < -0.39 is 0 Å². The molecule has 6 nitrogen and oxygen atoms in total. The third kappa shape index (κ3) is 2.40. The Hall–Kier alpha value is -2.63. The predicted octanol–water partition coefficient (Wildman–Crippen LogP) is 1.43. The van der Waals surface area contributed by atoms with E-state index in [4.69, 9.17) is 4.52 Å². The third-order valence-corrected chi connectivity index (χ3v) is 3.12. The summed E-state index contributed by atoms with van der Waals surface area (Å²) in [5.41, 5.74) is 2.17. The molecule has 0 aliphatic heterocycles. The molecule has 0 radical (unpaired) electrons. The molecule has 0 atom stereocenters. The highest BCUT2D eigenvalue weighted by Crippen LogP contribution is 2.20. The molecule has 0 fully saturated rings. The van der Waals surface area contributed by atoms with Crippen LogP contribution in [0.25, 0.3) is 10.9 Å². The Bertz CT molecular complexity index is 744. The molecular formula is C14H14N4O2. The number of amides is 1. The van der Waals surface area contributed by atoms with Gasteiger partial charge in [0.05, 0.1) is 12.8 Å². The van der Waals surface area contributed by atoms with Crippen molar-refractivity contribution in [3.63, 3.8) is 0 Å². The SMILES string of the molecule is CNC(=O)Cc1noc(Cc2c[nH]c3ccccc23)n1. The molecule has 2 N–H and O–H groups in total. The maximum absolute atomic E-state index is 11.2. The second-order valence-electron chi connectivity index (χ2n) is 4.49. The van der Waals surface area contributed by atoms with Crippen LogP contribution in [0.1, 0.15) is 17.3 Å². The van der Waals surface area contributed by atoms with Crippen LogP contribution in [0.4, 0.5) is 0 Å². The third-order valence-electron chi connectivity index (χ3n) is 3.12. The number of H-pyrrole nitrogens is 1. The summed E-state index contributed by atoms with van der Waals surface area (Å²) in [6.45, 7) is 0. The number of hydrogen-bond acceptors (Lipinski definition) is 4. The zero-order chi connectivity index (χ0) is 13.9. The zero-order valence-electron chi connectivity index (χ0n) is 11.0. The first-order valence-electron chi connectivity index (χ1n) is 6.33. The minimum Gasteiger partial charge on any atom is -0.361 e. The average molecular weight is 270 g/mol. The molecule has 0 saturated heterocycles. The summed E-state index contributed by atoms with van der Waals surface area (Å²) >= 11 is 0. The number of benzene rings is 1. The fourth-order valence-corrected chi connectivity index (χ4v) is 2.11. The summed E-state index contributed by atoms with van der Waals surface area (Å²) in [6.07, 6.45) is 2.62. The van der Waals surface area contributed by atoms with E-state index in [1.165, 1.54) is 0 Å². The largest absolute Gasteiger partial charge is 0.361 e. The molecule has 0 unspecified atom stereocenters. The van der Waals surface area contributed by atoms with Gasteiger partial charge in [0.15, 0.2) is 5.82 Å². The van der Waals surface area contributed by atoms with E-state index in [2.05, 4.69) is 20.4 Å². The van der Waals surface area contributed by atoms with Gasteiger partial charge in [0.1, 0.15) is 0 Å². The van der Waals surface area contributed by atoms with Crippen molar-refractivity contribution in [1.29, 1.82) is 0 Å². The van der Waals surface area contributed by atoms with Crippen molar-refractivity contribution >= 4 is 16.8 Å². The lowest BCUT2D eigenvalue weighted by Crippen LogP contribution is -2.20. The quantitative estimate of drug-likeness (QED) is 0.751. The molecule has 6 heteroatoms. The second-order valence-corrected chi connectivity index (χ2v) is 4.49. The number of fused-ring (bicyclic) bond motifs is 1. The van der Waals surface area contributed by atoms with Crippen LogP contribution in [0.5, 0.6) is 0 Å². The molecule has 0 saturated carbocycles. The predicted molar refractivity (Wildman–Crippen MR) is 73.2 cm³/mol. The molecule has 2 heterocycles. The van der Waals surface area contributed by atoms with Gasteiger partial charge in [-0.05, 0) is 11.6 Å². The Kier molecular flexibility index (Phi) is 3.20. The first-order chi connectivity index (χ1) is 9.76. The van der Waals surface area contributed by atoms with Gasteiger partial charge >= 0.3 is 0 Å². The maximum atomic E-state index is 11.2. The number of aromatic nitrogens is 3. The zero-order valence-corrected chi connectivity index (χ0v) is 11.0. The Morgan fingerprint density at radius 2 is 2.25 bits per heavy atom. The van der Waals surface area contributed by atoms with Crippen LogP contribution in [0.3, 0.4) is 0 Å². The van der Waals surface area contributed by atoms with Crippen LogP contribution >= 0.6 is 0 Å². The van der Waals surface area contributed by atoms with E-state index in [1.807, 2.05) is 30.5 Å². The maximum Gasteiger partial charge on any atom is 0.231 e. The number of para-hydroxylation sites is 1. The first-order valence-corrected chi connectivity index (χ1v) is 6.33. The van der Waals surface area contributed by atoms with Crippen molar-refractivity contribution in [2.24, 2.45) is 0 Å². The van der Waals surface area contributed by atoms with E-state index in [0.29, 0.717) is 18.1 Å². The van der Waals surface area contributed by atoms with Crippen molar-refractivity contribution in [3.05, 3.63) is 47.7 Å². The van der Waals surface area contributed by atoms with Gasteiger partial charge < -0.3 is 14.8 Å². The topological polar surface area (TPSA) is 83.8 Å². The van der Waals surface area contributed by atoms with Crippen molar-refractivity contribution in [3.8, 4) is 0 Å². The number of aromatic amines is 1. The lowest BCUT2D eigenvalue weighted by Gasteiger charge is -1.94. The second kappa shape index (κ2) is 5.16. The number of carbonyl (C=O) groups is 1. The van der Waals surface area contributed by atoms with Crippen LogP contribution in [0.15, 0.2) is 35.0 Å². The molecule has 102 valence electrons. The van der Waals surface area contributed by atoms with Gasteiger partial charge in [-0.3, -0.25) is 4.79 Å². The molecule has 0 aliphatic rings. The summed E-state index contributed by atoms with van der Waals surface area (Å²) in [5, 5.41) is 7.47. The minimum atomic E-state index is -0.135. The summed E-state index contributed by atoms with van der Waals surface area (Å²) in [5.74, 6) is 0.775. The number of nitrogens with one attached hydrogen (secondary N) is 2. The van der Waals surface area contributed by atoms with E-state index in [1.54, 1.807) is 7.05 Å². The fraction of sp³-hybridized carbons (Fsp3) is 0.214. The smallest absolute Gasteiger partial charge is 0.231 e. The van der Waals surface area contributed by atoms with Crippen LogP contribution in [0.2, 0.25) is 0 Å². The standard InChI is InChI=1S/C14H14N4O2/c1-15-13(19)7-12-17-14(20-18-12)6-9-8-16-11-5-3-2-4-10(9)11/h2-5,8,16H,6-7H2,1H3,(H,15,19). The average Bonchev–Trinajstić information content (AvgIpc) is 3.07. The van der Waals surface area contributed by atoms with Gasteiger partial charge in [0, 0.05) is 24.1 Å². The van der Waals surface area contributed by atoms with Crippen molar-refractivity contribution in [1.82, 2.24) is 20.4 Å². The molecule has 20 heavy (non-hydrogen) atoms. The minimum absolute atomic E-state index is 0.133. The Balaban J connectivity index is 1.79. The van der Waals surface area contributed by atoms with Crippen LogP contribution in [0, 0.1) is 0 Å². The Labute approximate surface area is 115 Å². The van der Waals surface area contributed by atoms with Gasteiger partial charge in [-0.2, -0.15) is 4.98 Å². The fourth-order valence-electron chi connectivity index (χ4n) is 2.11. The molecule has 0 bridgehead atoms. The Morgan fingerprint density at radius 3 is 3.10 bits per heavy atom. The number of rotatable bonds is 4. The first kappa shape index (κ1) is 12.4. The number of likely N-dealkylation sites (N-methyl/N-ethyl adjacent to an activating group) is 1. The molecule has 3 aromatic rings. The van der Waals surface area contributed by atoms with Gasteiger partial charge in [-0.15, -0.1) is 0 Å². The van der Waals surface area contributed by atoms with Crippen molar-refractivity contribution < 1.29 is 9.32 Å². The Morgan fingerprint density at radius 1 is 1.40 bits per heavy atom.